The van der Waals surface area contributed by atoms with E-state index in [-0.39, 0.29) is 23.4 Å². The van der Waals surface area contributed by atoms with Crippen molar-refractivity contribution in [1.29, 1.82) is 0 Å². The minimum atomic E-state index is -2.87. The molecule has 94 valence electrons. The minimum absolute atomic E-state index is 0.0363. The Balaban J connectivity index is 2.02. The van der Waals surface area contributed by atoms with Crippen LogP contribution >= 0.6 is 15.9 Å². The van der Waals surface area contributed by atoms with Crippen molar-refractivity contribution in [1.82, 2.24) is 0 Å². The Morgan fingerprint density at radius 2 is 1.94 bits per heavy atom. The summed E-state index contributed by atoms with van der Waals surface area (Å²) in [7, 11) is -2.87. The van der Waals surface area contributed by atoms with Gasteiger partial charge in [0.05, 0.1) is 17.2 Å². The number of rotatable bonds is 2. The molecule has 1 aliphatic rings. The van der Waals surface area contributed by atoms with E-state index in [0.717, 1.165) is 0 Å². The van der Waals surface area contributed by atoms with Gasteiger partial charge in [0.1, 0.15) is 15.7 Å². The summed E-state index contributed by atoms with van der Waals surface area (Å²) in [6.07, 6.45) is 1.08. The van der Waals surface area contributed by atoms with E-state index in [1.807, 2.05) is 0 Å². The van der Waals surface area contributed by atoms with E-state index in [1.54, 1.807) is 12.1 Å². The average molecular weight is 322 g/mol. The predicted octanol–water partition coefficient (Wildman–Crippen LogP) is 2.58. The molecule has 0 radical (unpaired) electrons. The van der Waals surface area contributed by atoms with Crippen LogP contribution in [0.2, 0.25) is 0 Å². The molecule has 6 heteroatoms. The van der Waals surface area contributed by atoms with Crippen molar-refractivity contribution in [2.45, 2.75) is 18.9 Å². The van der Waals surface area contributed by atoms with Crippen LogP contribution in [0.1, 0.15) is 12.8 Å². The summed E-state index contributed by atoms with van der Waals surface area (Å²) < 4.78 is 36.7. The molecule has 1 aliphatic heterocycles. The van der Waals surface area contributed by atoms with Gasteiger partial charge in [0, 0.05) is 10.5 Å². The standard InChI is InChI=1S/C11H13BrFNO2S/c12-8-1-2-11(10(13)7-8)14-9-3-5-17(15,16)6-4-9/h1-2,7,9,14H,3-6H2. The van der Waals surface area contributed by atoms with Crippen molar-refractivity contribution in [3.05, 3.63) is 28.5 Å². The molecule has 17 heavy (non-hydrogen) atoms. The quantitative estimate of drug-likeness (QED) is 0.910. The molecule has 0 amide bonds. The molecule has 1 saturated heterocycles. The van der Waals surface area contributed by atoms with E-state index in [4.69, 9.17) is 0 Å². The second-order valence-electron chi connectivity index (χ2n) is 4.19. The second kappa shape index (κ2) is 4.94. The third-order valence-corrected chi connectivity index (χ3v) is 5.05. The summed E-state index contributed by atoms with van der Waals surface area (Å²) in [5.41, 5.74) is 0.428. The van der Waals surface area contributed by atoms with Gasteiger partial charge in [-0.1, -0.05) is 15.9 Å². The smallest absolute Gasteiger partial charge is 0.150 e. The topological polar surface area (TPSA) is 46.2 Å². The Morgan fingerprint density at radius 1 is 1.29 bits per heavy atom. The van der Waals surface area contributed by atoms with Crippen molar-refractivity contribution in [3.8, 4) is 0 Å². The maximum absolute atomic E-state index is 13.5. The maximum atomic E-state index is 13.5. The molecule has 0 spiro atoms. The van der Waals surface area contributed by atoms with Crippen LogP contribution in [-0.2, 0) is 9.84 Å². The van der Waals surface area contributed by atoms with Crippen LogP contribution in [0, 0.1) is 5.82 Å². The lowest BCUT2D eigenvalue weighted by Crippen LogP contribution is -2.32. The summed E-state index contributed by atoms with van der Waals surface area (Å²) in [4.78, 5) is 0. The van der Waals surface area contributed by atoms with Gasteiger partial charge in [-0.25, -0.2) is 12.8 Å². The number of halogens is 2. The predicted molar refractivity (Wildman–Crippen MR) is 69.4 cm³/mol. The highest BCUT2D eigenvalue weighted by atomic mass is 79.9. The molecule has 1 N–H and O–H groups in total. The number of benzene rings is 1. The largest absolute Gasteiger partial charge is 0.380 e. The first-order valence-corrected chi connectivity index (χ1v) is 8.00. The highest BCUT2D eigenvalue weighted by molar-refractivity contribution is 9.10. The van der Waals surface area contributed by atoms with E-state index in [0.29, 0.717) is 23.0 Å². The Hall–Kier alpha value is -0.620. The summed E-state index contributed by atoms with van der Waals surface area (Å²) >= 11 is 3.19. The van der Waals surface area contributed by atoms with Gasteiger partial charge in [-0.3, -0.25) is 0 Å². The molecule has 1 aromatic carbocycles. The second-order valence-corrected chi connectivity index (χ2v) is 7.41. The average Bonchev–Trinajstić information content (AvgIpc) is 2.25. The van der Waals surface area contributed by atoms with Crippen LogP contribution in [0.5, 0.6) is 0 Å². The fraction of sp³-hybridized carbons (Fsp3) is 0.455. The van der Waals surface area contributed by atoms with Crippen molar-refractivity contribution >= 4 is 31.5 Å². The first-order chi connectivity index (χ1) is 7.96. The lowest BCUT2D eigenvalue weighted by atomic mass is 10.1. The van der Waals surface area contributed by atoms with Gasteiger partial charge in [-0.15, -0.1) is 0 Å². The molecular weight excluding hydrogens is 309 g/mol. The van der Waals surface area contributed by atoms with Gasteiger partial charge in [0.15, 0.2) is 0 Å². The number of hydrogen-bond donors (Lipinski definition) is 1. The molecule has 0 aliphatic carbocycles. The van der Waals surface area contributed by atoms with Crippen LogP contribution in [0.15, 0.2) is 22.7 Å². The molecule has 0 unspecified atom stereocenters. The van der Waals surface area contributed by atoms with E-state index in [2.05, 4.69) is 21.2 Å². The molecule has 3 nitrogen and oxygen atoms in total. The molecular formula is C11H13BrFNO2S. The van der Waals surface area contributed by atoms with E-state index in [1.165, 1.54) is 6.07 Å². The maximum Gasteiger partial charge on any atom is 0.150 e. The molecule has 1 heterocycles. The molecule has 0 bridgehead atoms. The lowest BCUT2D eigenvalue weighted by molar-refractivity contribution is 0.557. The van der Waals surface area contributed by atoms with Gasteiger partial charge in [0.25, 0.3) is 0 Å². The molecule has 0 aromatic heterocycles. The summed E-state index contributed by atoms with van der Waals surface area (Å²) in [5.74, 6) is 0.0406. The zero-order valence-electron chi connectivity index (χ0n) is 9.12. The Kier molecular flexibility index (Phi) is 3.73. The fourth-order valence-corrected chi connectivity index (χ4v) is 3.69. The Morgan fingerprint density at radius 3 is 2.53 bits per heavy atom. The van der Waals surface area contributed by atoms with Crippen molar-refractivity contribution in [2.24, 2.45) is 0 Å². The van der Waals surface area contributed by atoms with Crippen LogP contribution in [-0.4, -0.2) is 26.0 Å². The van der Waals surface area contributed by atoms with Gasteiger partial charge in [-0.05, 0) is 31.0 Å². The van der Waals surface area contributed by atoms with Crippen LogP contribution in [0.25, 0.3) is 0 Å². The zero-order chi connectivity index (χ0) is 12.5. The van der Waals surface area contributed by atoms with Gasteiger partial charge < -0.3 is 5.32 Å². The zero-order valence-corrected chi connectivity index (χ0v) is 11.5. The van der Waals surface area contributed by atoms with Crippen LogP contribution in [0.4, 0.5) is 10.1 Å². The van der Waals surface area contributed by atoms with Crippen molar-refractivity contribution in [2.75, 3.05) is 16.8 Å². The lowest BCUT2D eigenvalue weighted by Gasteiger charge is -2.24. The first-order valence-electron chi connectivity index (χ1n) is 5.38. The molecule has 1 aromatic rings. The number of sulfone groups is 1. The first kappa shape index (κ1) is 12.8. The third-order valence-electron chi connectivity index (χ3n) is 2.85. The van der Waals surface area contributed by atoms with Crippen LogP contribution in [0.3, 0.4) is 0 Å². The highest BCUT2D eigenvalue weighted by Gasteiger charge is 2.23. The monoisotopic (exact) mass is 321 g/mol. The van der Waals surface area contributed by atoms with E-state index < -0.39 is 9.84 Å². The minimum Gasteiger partial charge on any atom is -0.380 e. The number of hydrogen-bond acceptors (Lipinski definition) is 3. The Bertz CT molecular complexity index is 504. The summed E-state index contributed by atoms with van der Waals surface area (Å²) in [5, 5.41) is 3.05. The molecule has 2 rings (SSSR count). The van der Waals surface area contributed by atoms with Crippen LogP contribution < -0.4 is 5.32 Å². The summed E-state index contributed by atoms with van der Waals surface area (Å²) in [6.45, 7) is 0. The highest BCUT2D eigenvalue weighted by Crippen LogP contribution is 2.23. The SMILES string of the molecule is O=S1(=O)CCC(Nc2ccc(Br)cc2F)CC1. The normalized spacial score (nSPS) is 20.1. The molecule has 1 fully saturated rings. The van der Waals surface area contributed by atoms with E-state index in [9.17, 15) is 12.8 Å². The van der Waals surface area contributed by atoms with Crippen molar-refractivity contribution in [3.63, 3.8) is 0 Å². The third kappa shape index (κ3) is 3.42. The van der Waals surface area contributed by atoms with Crippen molar-refractivity contribution < 1.29 is 12.8 Å². The van der Waals surface area contributed by atoms with Gasteiger partial charge >= 0.3 is 0 Å². The molecule has 0 atom stereocenters. The van der Waals surface area contributed by atoms with Gasteiger partial charge in [0.2, 0.25) is 0 Å². The fourth-order valence-electron chi connectivity index (χ4n) is 1.86. The number of anilines is 1. The Labute approximate surface area is 108 Å². The molecule has 0 saturated carbocycles. The van der Waals surface area contributed by atoms with E-state index >= 15 is 0 Å². The van der Waals surface area contributed by atoms with Gasteiger partial charge in [-0.2, -0.15) is 0 Å². The number of nitrogens with one attached hydrogen (secondary N) is 1. The summed E-state index contributed by atoms with van der Waals surface area (Å²) in [6, 6.07) is 4.84.